The average Bonchev–Trinajstić information content (AvgIpc) is 3.45. The number of hydrogen-bond acceptors (Lipinski definition) is 7. The number of rotatable bonds is 7. The molecule has 38 heavy (non-hydrogen) atoms. The van der Waals surface area contributed by atoms with Crippen molar-refractivity contribution in [3.63, 3.8) is 0 Å². The number of carbonyl (C=O) groups is 1. The number of methoxy groups -OCH3 is 2. The van der Waals surface area contributed by atoms with Gasteiger partial charge in [0.15, 0.2) is 27.0 Å². The fraction of sp³-hybridized carbons (Fsp3) is 0.296. The number of benzene rings is 2. The second-order valence-electron chi connectivity index (χ2n) is 9.22. The van der Waals surface area contributed by atoms with Crippen molar-refractivity contribution in [2.75, 3.05) is 25.7 Å². The van der Waals surface area contributed by atoms with Gasteiger partial charge in [-0.2, -0.15) is 5.10 Å². The van der Waals surface area contributed by atoms with Crippen LogP contribution in [0.25, 0.3) is 22.3 Å². The monoisotopic (exact) mass is 538 g/mol. The van der Waals surface area contributed by atoms with Gasteiger partial charge in [-0.05, 0) is 55.3 Å². The van der Waals surface area contributed by atoms with Crippen molar-refractivity contribution in [2.24, 2.45) is 0 Å². The van der Waals surface area contributed by atoms with E-state index >= 15 is 0 Å². The van der Waals surface area contributed by atoms with Gasteiger partial charge < -0.3 is 14.8 Å². The van der Waals surface area contributed by atoms with E-state index in [1.165, 1.54) is 19.2 Å². The Labute approximate surface area is 219 Å². The van der Waals surface area contributed by atoms with E-state index in [1.54, 1.807) is 49.0 Å². The minimum atomic E-state index is -3.18. The van der Waals surface area contributed by atoms with Crippen molar-refractivity contribution in [2.45, 2.75) is 25.9 Å². The summed E-state index contributed by atoms with van der Waals surface area (Å²) < 4.78 is 50.2. The van der Waals surface area contributed by atoms with Gasteiger partial charge >= 0.3 is 0 Å². The number of hydrogen-bond donors (Lipinski definition) is 1. The van der Waals surface area contributed by atoms with Gasteiger partial charge in [-0.25, -0.2) is 22.5 Å². The molecule has 1 unspecified atom stereocenters. The van der Waals surface area contributed by atoms with Crippen molar-refractivity contribution in [1.29, 1.82) is 0 Å². The molecule has 0 spiro atoms. The molecule has 4 aromatic rings. The zero-order valence-electron chi connectivity index (χ0n) is 21.2. The van der Waals surface area contributed by atoms with Gasteiger partial charge in [0, 0.05) is 12.1 Å². The second-order valence-corrected chi connectivity index (χ2v) is 11.4. The number of aromatic nitrogens is 3. The highest BCUT2D eigenvalue weighted by molar-refractivity contribution is 7.91. The summed E-state index contributed by atoms with van der Waals surface area (Å²) in [7, 11) is -0.0985. The van der Waals surface area contributed by atoms with Crippen LogP contribution in [0.2, 0.25) is 0 Å². The van der Waals surface area contributed by atoms with E-state index in [0.717, 1.165) is 5.56 Å². The topological polar surface area (TPSA) is 112 Å². The van der Waals surface area contributed by atoms with Crippen LogP contribution < -0.4 is 14.8 Å². The van der Waals surface area contributed by atoms with Crippen molar-refractivity contribution >= 4 is 26.8 Å². The summed E-state index contributed by atoms with van der Waals surface area (Å²) in [5.74, 6) is 0.390. The third-order valence-corrected chi connectivity index (χ3v) is 8.43. The molecule has 1 saturated heterocycles. The normalized spacial score (nSPS) is 16.5. The maximum absolute atomic E-state index is 13.5. The second kappa shape index (κ2) is 10.1. The van der Waals surface area contributed by atoms with E-state index in [1.807, 2.05) is 6.07 Å². The summed E-state index contributed by atoms with van der Waals surface area (Å²) in [6.45, 7) is 1.97. The van der Waals surface area contributed by atoms with Gasteiger partial charge in [0.05, 0.1) is 54.1 Å². The van der Waals surface area contributed by atoms with E-state index in [-0.39, 0.29) is 35.8 Å². The Kier molecular flexibility index (Phi) is 6.78. The quantitative estimate of drug-likeness (QED) is 0.380. The highest BCUT2D eigenvalue weighted by Crippen LogP contribution is 2.35. The van der Waals surface area contributed by atoms with Gasteiger partial charge in [0.25, 0.3) is 5.91 Å². The molecule has 2 aromatic carbocycles. The molecule has 1 fully saturated rings. The van der Waals surface area contributed by atoms with E-state index in [0.29, 0.717) is 51.5 Å². The summed E-state index contributed by atoms with van der Waals surface area (Å²) in [4.78, 5) is 18.3. The lowest BCUT2D eigenvalue weighted by molar-refractivity contribution is 0.0952. The molecular weight excluding hydrogens is 511 g/mol. The minimum absolute atomic E-state index is 0.0302. The largest absolute Gasteiger partial charge is 0.493 e. The van der Waals surface area contributed by atoms with Crippen molar-refractivity contribution in [3.05, 3.63) is 71.2 Å². The first-order valence-electron chi connectivity index (χ1n) is 12.0. The van der Waals surface area contributed by atoms with Gasteiger partial charge in [0.1, 0.15) is 5.82 Å². The fourth-order valence-corrected chi connectivity index (χ4v) is 6.43. The Morgan fingerprint density at radius 3 is 2.50 bits per heavy atom. The summed E-state index contributed by atoms with van der Waals surface area (Å²) in [5, 5.41) is 8.08. The average molecular weight is 539 g/mol. The molecule has 9 nitrogen and oxygen atoms in total. The Balaban J connectivity index is 1.62. The van der Waals surface area contributed by atoms with E-state index in [9.17, 15) is 17.6 Å². The third kappa shape index (κ3) is 4.93. The number of sulfone groups is 1. The molecule has 0 bridgehead atoms. The van der Waals surface area contributed by atoms with Gasteiger partial charge in [-0.15, -0.1) is 0 Å². The lowest BCUT2D eigenvalue weighted by atomic mass is 10.0. The Bertz CT molecular complexity index is 1630. The predicted octanol–water partition coefficient (Wildman–Crippen LogP) is 3.85. The minimum Gasteiger partial charge on any atom is -0.493 e. The molecule has 1 N–H and O–H groups in total. The molecule has 1 aliphatic rings. The molecule has 11 heteroatoms. The predicted molar refractivity (Wildman–Crippen MR) is 141 cm³/mol. The highest BCUT2D eigenvalue weighted by atomic mass is 32.2. The number of carbonyl (C=O) groups excluding carboxylic acids is 1. The van der Waals surface area contributed by atoms with Gasteiger partial charge in [-0.3, -0.25) is 4.79 Å². The smallest absolute Gasteiger partial charge is 0.252 e. The van der Waals surface area contributed by atoms with Crippen molar-refractivity contribution in [3.8, 4) is 22.8 Å². The maximum Gasteiger partial charge on any atom is 0.252 e. The molecule has 3 heterocycles. The summed E-state index contributed by atoms with van der Waals surface area (Å²) in [6, 6.07) is 12.5. The molecule has 198 valence electrons. The van der Waals surface area contributed by atoms with Crippen LogP contribution in [-0.4, -0.2) is 54.8 Å². The maximum atomic E-state index is 13.5. The Hall–Kier alpha value is -3.99. The number of pyridine rings is 1. The van der Waals surface area contributed by atoms with E-state index < -0.39 is 9.84 Å². The summed E-state index contributed by atoms with van der Waals surface area (Å²) in [6.07, 6.45) is 0.424. The van der Waals surface area contributed by atoms with Crippen LogP contribution in [-0.2, 0) is 16.4 Å². The van der Waals surface area contributed by atoms with E-state index in [4.69, 9.17) is 14.5 Å². The van der Waals surface area contributed by atoms with Crippen LogP contribution in [0.15, 0.2) is 48.5 Å². The molecule has 1 atom stereocenters. The molecule has 2 aromatic heterocycles. The zero-order chi connectivity index (χ0) is 27.0. The number of fused-ring (bicyclic) bond motifs is 1. The number of nitrogens with one attached hydrogen (secondary N) is 1. The number of aryl methyl sites for hydroxylation is 1. The van der Waals surface area contributed by atoms with Gasteiger partial charge in [0.2, 0.25) is 0 Å². The zero-order valence-corrected chi connectivity index (χ0v) is 22.0. The Morgan fingerprint density at radius 2 is 1.84 bits per heavy atom. The van der Waals surface area contributed by atoms with E-state index in [2.05, 4.69) is 10.4 Å². The molecule has 5 rings (SSSR count). The summed E-state index contributed by atoms with van der Waals surface area (Å²) in [5.41, 5.74) is 3.28. The summed E-state index contributed by atoms with van der Waals surface area (Å²) >= 11 is 0. The molecule has 0 radical (unpaired) electrons. The Morgan fingerprint density at radius 1 is 1.11 bits per heavy atom. The SMILES string of the molecule is COc1ccc(-c2cc(C(=O)NCc3ccc(F)cc3)c3c(C)nn(C4CCS(=O)(=O)C4)c3n2)cc1OC. The molecule has 0 aliphatic carbocycles. The highest BCUT2D eigenvalue weighted by Gasteiger charge is 2.32. The third-order valence-electron chi connectivity index (χ3n) is 6.68. The van der Waals surface area contributed by atoms with Crippen molar-refractivity contribution in [1.82, 2.24) is 20.1 Å². The first-order chi connectivity index (χ1) is 18.2. The first kappa shape index (κ1) is 25.7. The van der Waals surface area contributed by atoms with Crippen LogP contribution in [0, 0.1) is 12.7 Å². The van der Waals surface area contributed by atoms with Crippen LogP contribution in [0.3, 0.4) is 0 Å². The molecule has 1 amide bonds. The number of amides is 1. The van der Waals surface area contributed by atoms with Crippen LogP contribution in [0.5, 0.6) is 11.5 Å². The van der Waals surface area contributed by atoms with Crippen LogP contribution in [0.1, 0.15) is 34.1 Å². The lowest BCUT2D eigenvalue weighted by Gasteiger charge is -2.13. The van der Waals surface area contributed by atoms with Crippen molar-refractivity contribution < 1.29 is 27.1 Å². The standard InChI is InChI=1S/C27H27FN4O5S/c1-16-25-21(27(33)29-14-17-4-7-19(28)8-5-17)13-22(18-6-9-23(36-2)24(12-18)37-3)30-26(25)32(31-16)20-10-11-38(34,35)15-20/h4-9,12-13,20H,10-11,14-15H2,1-3H3,(H,29,33). The number of nitrogens with zero attached hydrogens (tertiary/aromatic N) is 3. The fourth-order valence-electron chi connectivity index (χ4n) is 4.74. The van der Waals surface area contributed by atoms with Gasteiger partial charge in [-0.1, -0.05) is 12.1 Å². The number of halogens is 1. The van der Waals surface area contributed by atoms with Crippen LogP contribution >= 0.6 is 0 Å². The van der Waals surface area contributed by atoms with Crippen LogP contribution in [0.4, 0.5) is 4.39 Å². The molecule has 1 aliphatic heterocycles. The molecule has 0 saturated carbocycles. The first-order valence-corrected chi connectivity index (χ1v) is 13.9. The number of ether oxygens (including phenoxy) is 2. The molecular formula is C27H27FN4O5S. The lowest BCUT2D eigenvalue weighted by Crippen LogP contribution is -2.23.